The van der Waals surface area contributed by atoms with Gasteiger partial charge in [-0.25, -0.2) is 0 Å². The highest BCUT2D eigenvalue weighted by atomic mass is 32.2. The Morgan fingerprint density at radius 1 is 1.31 bits per heavy atom. The Hall–Kier alpha value is -0.403. The number of thioether (sulfide) groups is 1. The molecule has 0 fully saturated rings. The monoisotopic (exact) mass is 272 g/mol. The molecule has 0 saturated carbocycles. The van der Waals surface area contributed by atoms with Gasteiger partial charge in [-0.05, 0) is 10.8 Å². The predicted octanol–water partition coefficient (Wildman–Crippen LogP) is 0.446. The Labute approximate surface area is 107 Å². The van der Waals surface area contributed by atoms with E-state index in [2.05, 4.69) is 0 Å². The van der Waals surface area contributed by atoms with E-state index >= 15 is 0 Å². The van der Waals surface area contributed by atoms with Crippen molar-refractivity contribution in [1.82, 2.24) is 4.90 Å². The van der Waals surface area contributed by atoms with Crippen molar-refractivity contribution in [2.75, 3.05) is 14.1 Å². The third-order valence-corrected chi connectivity index (χ3v) is 4.60. The highest BCUT2D eigenvalue weighted by molar-refractivity contribution is 8.22. The van der Waals surface area contributed by atoms with E-state index in [4.69, 9.17) is 21.8 Å². The van der Waals surface area contributed by atoms with Crippen molar-refractivity contribution >= 4 is 42.8 Å². The number of benzene rings is 1. The van der Waals surface area contributed by atoms with Crippen LogP contribution in [0.3, 0.4) is 0 Å². The molecule has 0 atom stereocenters. The molecule has 87 valence electrons. The van der Waals surface area contributed by atoms with Gasteiger partial charge in [0.15, 0.2) is 0 Å². The van der Waals surface area contributed by atoms with E-state index in [1.165, 1.54) is 0 Å². The Kier molecular flexibility index (Phi) is 5.43. The summed E-state index contributed by atoms with van der Waals surface area (Å²) in [4.78, 5) is 20.0. The van der Waals surface area contributed by atoms with Gasteiger partial charge in [-0.15, -0.1) is 0 Å². The minimum atomic E-state index is -2.31. The molecule has 0 saturated heterocycles. The molecule has 1 aromatic carbocycles. The zero-order chi connectivity index (χ0) is 12.1. The summed E-state index contributed by atoms with van der Waals surface area (Å²) in [5, 5.41) is 0.605. The number of rotatable bonds is 3. The fourth-order valence-corrected chi connectivity index (χ4v) is 2.41. The van der Waals surface area contributed by atoms with Crippen molar-refractivity contribution in [1.29, 1.82) is 0 Å². The van der Waals surface area contributed by atoms with Crippen molar-refractivity contribution in [3.05, 3.63) is 29.8 Å². The van der Waals surface area contributed by atoms with E-state index in [1.807, 2.05) is 31.1 Å². The quantitative estimate of drug-likeness (QED) is 0.618. The summed E-state index contributed by atoms with van der Waals surface area (Å²) in [5.41, 5.74) is 1.13. The van der Waals surface area contributed by atoms with E-state index in [-0.39, 0.29) is 0 Å². The van der Waals surface area contributed by atoms with Gasteiger partial charge in [-0.2, -0.15) is 0 Å². The zero-order valence-corrected chi connectivity index (χ0v) is 11.8. The summed E-state index contributed by atoms with van der Waals surface area (Å²) >= 11 is 6.75. The van der Waals surface area contributed by atoms with Crippen LogP contribution in [0.1, 0.15) is 5.56 Å². The summed E-state index contributed by atoms with van der Waals surface area (Å²) in [6.45, 7) is 0. The topological polar surface area (TPSA) is 43.7 Å². The Morgan fingerprint density at radius 2 is 1.88 bits per heavy atom. The molecule has 0 heterocycles. The fourth-order valence-electron chi connectivity index (χ4n) is 1.02. The maximum atomic E-state index is 9.03. The molecular formula is C10H14NO2S2Si. The Bertz CT molecular complexity index is 354. The average molecular weight is 272 g/mol. The second kappa shape index (κ2) is 6.36. The van der Waals surface area contributed by atoms with Crippen LogP contribution in [0.5, 0.6) is 0 Å². The molecule has 0 aliphatic heterocycles. The second-order valence-corrected chi connectivity index (χ2v) is 6.30. The van der Waals surface area contributed by atoms with Gasteiger partial charge in [0.2, 0.25) is 0 Å². The maximum absolute atomic E-state index is 9.03. The summed E-state index contributed by atoms with van der Waals surface area (Å²) in [7, 11) is 1.53. The smallest absolute Gasteiger partial charge is 0.406 e. The molecule has 0 amide bonds. The van der Waals surface area contributed by atoms with Gasteiger partial charge in [0.25, 0.3) is 0 Å². The molecule has 0 bridgehead atoms. The van der Waals surface area contributed by atoms with Crippen LogP contribution in [0.15, 0.2) is 24.3 Å². The molecule has 6 heteroatoms. The van der Waals surface area contributed by atoms with Gasteiger partial charge in [0, 0.05) is 19.8 Å². The van der Waals surface area contributed by atoms with Crippen molar-refractivity contribution < 1.29 is 9.59 Å². The van der Waals surface area contributed by atoms with Gasteiger partial charge in [-0.1, -0.05) is 48.2 Å². The molecule has 2 N–H and O–H groups in total. The average Bonchev–Trinajstić information content (AvgIpc) is 2.26. The van der Waals surface area contributed by atoms with Crippen LogP contribution in [-0.2, 0) is 5.75 Å². The molecule has 0 unspecified atom stereocenters. The molecule has 0 spiro atoms. The Morgan fingerprint density at radius 3 is 2.31 bits per heavy atom. The minimum absolute atomic E-state index is 0.605. The molecular weight excluding hydrogens is 258 g/mol. The highest BCUT2D eigenvalue weighted by Crippen LogP contribution is 2.14. The number of nitrogens with zero attached hydrogens (tertiary/aromatic N) is 1. The summed E-state index contributed by atoms with van der Waals surface area (Å²) < 4.78 is 0.846. The first-order valence-electron chi connectivity index (χ1n) is 4.69. The number of hydrogen-bond donors (Lipinski definition) is 2. The lowest BCUT2D eigenvalue weighted by molar-refractivity contribution is 0.426. The van der Waals surface area contributed by atoms with Gasteiger partial charge in [0.1, 0.15) is 4.32 Å². The Balaban J connectivity index is 2.53. The molecule has 16 heavy (non-hydrogen) atoms. The lowest BCUT2D eigenvalue weighted by Gasteiger charge is -2.12. The summed E-state index contributed by atoms with van der Waals surface area (Å²) in [6.07, 6.45) is 0. The third-order valence-electron chi connectivity index (χ3n) is 1.94. The normalized spacial score (nSPS) is 10.6. The van der Waals surface area contributed by atoms with Crippen LogP contribution in [-0.4, -0.2) is 42.2 Å². The van der Waals surface area contributed by atoms with Crippen LogP contribution >= 0.6 is 24.0 Å². The predicted molar refractivity (Wildman–Crippen MR) is 73.8 cm³/mol. The van der Waals surface area contributed by atoms with Crippen LogP contribution in [0.4, 0.5) is 0 Å². The first-order chi connectivity index (χ1) is 7.50. The lowest BCUT2D eigenvalue weighted by Crippen LogP contribution is -2.29. The first kappa shape index (κ1) is 13.7. The maximum Gasteiger partial charge on any atom is 0.417 e. The largest absolute Gasteiger partial charge is 0.417 e. The third kappa shape index (κ3) is 4.23. The van der Waals surface area contributed by atoms with Crippen molar-refractivity contribution in [2.45, 2.75) is 5.75 Å². The van der Waals surface area contributed by atoms with Crippen LogP contribution in [0, 0.1) is 0 Å². The summed E-state index contributed by atoms with van der Waals surface area (Å²) in [6, 6.07) is 7.31. The van der Waals surface area contributed by atoms with E-state index < -0.39 is 9.28 Å². The van der Waals surface area contributed by atoms with E-state index in [1.54, 1.807) is 23.9 Å². The van der Waals surface area contributed by atoms with Gasteiger partial charge in [0.05, 0.1) is 0 Å². The lowest BCUT2D eigenvalue weighted by atomic mass is 10.2. The fraction of sp³-hybridized carbons (Fsp3) is 0.300. The molecule has 0 aliphatic carbocycles. The molecule has 0 aromatic heterocycles. The molecule has 1 rings (SSSR count). The molecule has 3 nitrogen and oxygen atoms in total. The van der Waals surface area contributed by atoms with Gasteiger partial charge in [-0.3, -0.25) is 0 Å². The van der Waals surface area contributed by atoms with E-state index in [0.29, 0.717) is 5.19 Å². The van der Waals surface area contributed by atoms with Crippen LogP contribution < -0.4 is 5.19 Å². The van der Waals surface area contributed by atoms with Crippen molar-refractivity contribution in [2.24, 2.45) is 0 Å². The highest BCUT2D eigenvalue weighted by Gasteiger charge is 2.08. The van der Waals surface area contributed by atoms with E-state index in [0.717, 1.165) is 15.6 Å². The van der Waals surface area contributed by atoms with Gasteiger partial charge >= 0.3 is 9.28 Å². The van der Waals surface area contributed by atoms with Gasteiger partial charge < -0.3 is 14.5 Å². The van der Waals surface area contributed by atoms with Crippen molar-refractivity contribution in [3.8, 4) is 0 Å². The first-order valence-corrected chi connectivity index (χ1v) is 7.48. The number of thiocarbonyl (C=S) groups is 1. The number of hydrogen-bond acceptors (Lipinski definition) is 4. The molecule has 0 aliphatic rings. The SMILES string of the molecule is CN(C)C(=S)SCc1ccc([Si](O)O)cc1. The molecule has 1 aromatic rings. The minimum Gasteiger partial charge on any atom is -0.406 e. The van der Waals surface area contributed by atoms with Crippen molar-refractivity contribution in [3.63, 3.8) is 0 Å². The zero-order valence-electron chi connectivity index (χ0n) is 9.17. The van der Waals surface area contributed by atoms with Crippen LogP contribution in [0.2, 0.25) is 0 Å². The van der Waals surface area contributed by atoms with Crippen LogP contribution in [0.25, 0.3) is 0 Å². The second-order valence-electron chi connectivity index (χ2n) is 3.47. The summed E-state index contributed by atoms with van der Waals surface area (Å²) in [5.74, 6) is 0.802. The standard InChI is InChI=1S/C10H14NO2S2Si/c1-11(2)10(14)15-7-8-3-5-9(6-4-8)16(12)13/h3-6,12-13H,7H2,1-2H3. The van der Waals surface area contributed by atoms with E-state index in [9.17, 15) is 0 Å². The molecule has 1 radical (unpaired) electrons.